The molecule has 0 radical (unpaired) electrons. The van der Waals surface area contributed by atoms with Crippen LogP contribution in [0, 0.1) is 0 Å². The summed E-state index contributed by atoms with van der Waals surface area (Å²) in [6.45, 7) is 2.25. The minimum Gasteiger partial charge on any atom is -0.382 e. The number of nitrogens with one attached hydrogen (secondary N) is 1. The summed E-state index contributed by atoms with van der Waals surface area (Å²) >= 11 is 5.66. The number of amides is 1. The van der Waals surface area contributed by atoms with E-state index in [1.807, 2.05) is 6.92 Å². The molecule has 0 saturated carbocycles. The molecule has 0 aliphatic carbocycles. The first-order valence-corrected chi connectivity index (χ1v) is 5.45. The Kier molecular flexibility index (Phi) is 4.47. The minimum absolute atomic E-state index is 0.00836. The van der Waals surface area contributed by atoms with Gasteiger partial charge in [0.2, 0.25) is 0 Å². The van der Waals surface area contributed by atoms with Gasteiger partial charge in [-0.25, -0.2) is 9.97 Å². The number of hydrogen-bond donors (Lipinski definition) is 4. The highest BCUT2D eigenvalue weighted by molar-refractivity contribution is 6.31. The number of rotatable bonds is 4. The molecule has 8 heteroatoms. The Morgan fingerprint density at radius 1 is 1.41 bits per heavy atom. The van der Waals surface area contributed by atoms with E-state index in [9.17, 15) is 4.79 Å². The highest BCUT2D eigenvalue weighted by Gasteiger charge is 2.16. The first-order valence-electron chi connectivity index (χ1n) is 5.08. The van der Waals surface area contributed by atoms with E-state index >= 15 is 0 Å². The van der Waals surface area contributed by atoms with Gasteiger partial charge in [-0.05, 0) is 6.42 Å². The molecule has 94 valence electrons. The topological polar surface area (TPSA) is 133 Å². The number of hydrogen-bond acceptors (Lipinski definition) is 6. The molecule has 1 heterocycles. The third-order valence-corrected chi connectivity index (χ3v) is 2.45. The van der Waals surface area contributed by atoms with Gasteiger partial charge < -0.3 is 22.5 Å². The Balaban J connectivity index is 2.79. The SMILES string of the molecule is CC[C@H](N)CNC(=O)c1nc(Cl)c(N)nc1N. The van der Waals surface area contributed by atoms with Crippen LogP contribution in [0.2, 0.25) is 5.15 Å². The van der Waals surface area contributed by atoms with Gasteiger partial charge in [0.1, 0.15) is 0 Å². The van der Waals surface area contributed by atoms with E-state index in [0.29, 0.717) is 6.54 Å². The van der Waals surface area contributed by atoms with Gasteiger partial charge in [0.25, 0.3) is 5.91 Å². The zero-order valence-electron chi connectivity index (χ0n) is 9.40. The lowest BCUT2D eigenvalue weighted by Gasteiger charge is -2.11. The Hall–Kier alpha value is -1.60. The molecule has 0 bridgehead atoms. The van der Waals surface area contributed by atoms with Crippen molar-refractivity contribution in [3.05, 3.63) is 10.8 Å². The van der Waals surface area contributed by atoms with Gasteiger partial charge in [0, 0.05) is 12.6 Å². The Morgan fingerprint density at radius 3 is 2.65 bits per heavy atom. The Labute approximate surface area is 104 Å². The number of carbonyl (C=O) groups is 1. The quantitative estimate of drug-likeness (QED) is 0.589. The molecule has 0 aliphatic heterocycles. The highest BCUT2D eigenvalue weighted by Crippen LogP contribution is 2.17. The number of halogens is 1. The molecule has 0 saturated heterocycles. The van der Waals surface area contributed by atoms with Crippen molar-refractivity contribution < 1.29 is 4.79 Å². The molecule has 1 amide bonds. The molecule has 17 heavy (non-hydrogen) atoms. The average Bonchev–Trinajstić information content (AvgIpc) is 2.30. The van der Waals surface area contributed by atoms with E-state index in [1.165, 1.54) is 0 Å². The lowest BCUT2D eigenvalue weighted by molar-refractivity contribution is 0.0946. The van der Waals surface area contributed by atoms with E-state index < -0.39 is 5.91 Å². The van der Waals surface area contributed by atoms with E-state index in [1.54, 1.807) is 0 Å². The minimum atomic E-state index is -0.471. The monoisotopic (exact) mass is 258 g/mol. The lowest BCUT2D eigenvalue weighted by atomic mass is 10.2. The first kappa shape index (κ1) is 13.5. The third-order valence-electron chi connectivity index (χ3n) is 2.17. The van der Waals surface area contributed by atoms with Crippen molar-refractivity contribution in [3.8, 4) is 0 Å². The number of carbonyl (C=O) groups excluding carboxylic acids is 1. The van der Waals surface area contributed by atoms with Crippen molar-refractivity contribution in [1.82, 2.24) is 15.3 Å². The second-order valence-electron chi connectivity index (χ2n) is 3.51. The maximum absolute atomic E-state index is 11.7. The molecule has 1 aromatic heterocycles. The highest BCUT2D eigenvalue weighted by atomic mass is 35.5. The van der Waals surface area contributed by atoms with Crippen molar-refractivity contribution >= 4 is 29.1 Å². The number of nitrogens with zero attached hydrogens (tertiary/aromatic N) is 2. The van der Waals surface area contributed by atoms with Crippen LogP contribution < -0.4 is 22.5 Å². The van der Waals surface area contributed by atoms with Crippen LogP contribution in [0.5, 0.6) is 0 Å². The zero-order chi connectivity index (χ0) is 13.0. The molecular weight excluding hydrogens is 244 g/mol. The van der Waals surface area contributed by atoms with Gasteiger partial charge >= 0.3 is 0 Å². The van der Waals surface area contributed by atoms with E-state index in [4.69, 9.17) is 28.8 Å². The number of nitrogen functional groups attached to an aromatic ring is 2. The zero-order valence-corrected chi connectivity index (χ0v) is 10.2. The van der Waals surface area contributed by atoms with Crippen molar-refractivity contribution in [2.75, 3.05) is 18.0 Å². The van der Waals surface area contributed by atoms with Gasteiger partial charge in [-0.2, -0.15) is 0 Å². The second-order valence-corrected chi connectivity index (χ2v) is 3.87. The summed E-state index contributed by atoms with van der Waals surface area (Å²) < 4.78 is 0. The van der Waals surface area contributed by atoms with Gasteiger partial charge in [-0.3, -0.25) is 4.79 Å². The van der Waals surface area contributed by atoms with E-state index in [-0.39, 0.29) is 28.5 Å². The fraction of sp³-hybridized carbons (Fsp3) is 0.444. The van der Waals surface area contributed by atoms with Crippen LogP contribution >= 0.6 is 11.6 Å². The van der Waals surface area contributed by atoms with Gasteiger partial charge in [-0.1, -0.05) is 18.5 Å². The molecule has 0 fully saturated rings. The maximum atomic E-state index is 11.7. The van der Waals surface area contributed by atoms with Crippen molar-refractivity contribution in [2.24, 2.45) is 5.73 Å². The standard InChI is InChI=1S/C9H15ClN6O/c1-2-4(11)3-14-9(17)5-7(12)16-8(13)6(10)15-5/h4H,2-3,11H2,1H3,(H,14,17)(H4,12,13,16)/t4-/m0/s1. The fourth-order valence-corrected chi connectivity index (χ4v) is 1.19. The number of anilines is 2. The fourth-order valence-electron chi connectivity index (χ4n) is 1.06. The molecule has 7 N–H and O–H groups in total. The normalized spacial score (nSPS) is 12.2. The summed E-state index contributed by atoms with van der Waals surface area (Å²) in [5.74, 6) is -0.541. The summed E-state index contributed by atoms with van der Waals surface area (Å²) in [5.41, 5.74) is 16.5. The van der Waals surface area contributed by atoms with Crippen LogP contribution in [-0.2, 0) is 0 Å². The molecular formula is C9H15ClN6O. The van der Waals surface area contributed by atoms with Crippen LogP contribution in [0.15, 0.2) is 0 Å². The van der Waals surface area contributed by atoms with Crippen LogP contribution in [0.1, 0.15) is 23.8 Å². The molecule has 7 nitrogen and oxygen atoms in total. The predicted molar refractivity (Wildman–Crippen MR) is 66.5 cm³/mol. The lowest BCUT2D eigenvalue weighted by Crippen LogP contribution is -2.37. The summed E-state index contributed by atoms with van der Waals surface area (Å²) in [6.07, 6.45) is 0.754. The molecule has 1 aromatic rings. The van der Waals surface area contributed by atoms with E-state index in [0.717, 1.165) is 6.42 Å². The van der Waals surface area contributed by atoms with E-state index in [2.05, 4.69) is 15.3 Å². The Morgan fingerprint density at radius 2 is 2.06 bits per heavy atom. The summed E-state index contributed by atoms with van der Waals surface area (Å²) in [5, 5.41) is 2.54. The summed E-state index contributed by atoms with van der Waals surface area (Å²) in [4.78, 5) is 19.2. The van der Waals surface area contributed by atoms with Crippen LogP contribution in [-0.4, -0.2) is 28.5 Å². The van der Waals surface area contributed by atoms with Crippen LogP contribution in [0.3, 0.4) is 0 Å². The van der Waals surface area contributed by atoms with Crippen molar-refractivity contribution in [3.63, 3.8) is 0 Å². The first-order chi connectivity index (χ1) is 7.95. The van der Waals surface area contributed by atoms with Crippen molar-refractivity contribution in [2.45, 2.75) is 19.4 Å². The Bertz CT molecular complexity index is 424. The molecule has 0 aromatic carbocycles. The second kappa shape index (κ2) is 5.65. The van der Waals surface area contributed by atoms with Crippen molar-refractivity contribution in [1.29, 1.82) is 0 Å². The third kappa shape index (κ3) is 3.43. The molecule has 0 unspecified atom stereocenters. The number of aromatic nitrogens is 2. The average molecular weight is 259 g/mol. The van der Waals surface area contributed by atoms with Gasteiger partial charge in [0.15, 0.2) is 22.5 Å². The van der Waals surface area contributed by atoms with Gasteiger partial charge in [-0.15, -0.1) is 0 Å². The predicted octanol–water partition coefficient (Wildman–Crippen LogP) is -0.238. The largest absolute Gasteiger partial charge is 0.382 e. The summed E-state index contributed by atoms with van der Waals surface area (Å²) in [6, 6.07) is -0.114. The van der Waals surface area contributed by atoms with Gasteiger partial charge in [0.05, 0.1) is 0 Å². The van der Waals surface area contributed by atoms with Crippen LogP contribution in [0.4, 0.5) is 11.6 Å². The maximum Gasteiger partial charge on any atom is 0.273 e. The molecule has 1 rings (SSSR count). The summed E-state index contributed by atoms with van der Waals surface area (Å²) in [7, 11) is 0. The molecule has 0 spiro atoms. The number of nitrogens with two attached hydrogens (primary N) is 3. The molecule has 1 atom stereocenters. The smallest absolute Gasteiger partial charge is 0.273 e. The van der Waals surface area contributed by atoms with Crippen LogP contribution in [0.25, 0.3) is 0 Å². The molecule has 0 aliphatic rings.